The minimum atomic E-state index is -2.42. The van der Waals surface area contributed by atoms with Gasteiger partial charge in [0.25, 0.3) is 0 Å². The number of nitrogens with one attached hydrogen (secondary N) is 3. The van der Waals surface area contributed by atoms with E-state index in [0.717, 1.165) is 0 Å². The predicted molar refractivity (Wildman–Crippen MR) is 124 cm³/mol. The number of hydrogen-bond acceptors (Lipinski definition) is 3. The molecule has 0 saturated carbocycles. The van der Waals surface area contributed by atoms with Gasteiger partial charge in [0.05, 0.1) is 0 Å². The third-order valence-corrected chi connectivity index (χ3v) is 13.6. The number of hydrogen-bond donors (Lipinski definition) is 3. The first-order chi connectivity index (χ1) is 13.1. The first kappa shape index (κ1) is 29.0. The van der Waals surface area contributed by atoms with E-state index < -0.39 is 28.5 Å². The van der Waals surface area contributed by atoms with Gasteiger partial charge in [-0.15, -0.1) is 0 Å². The standard InChI is InChI=1S/3C8H18N.Y/c3*1-4-6-8(3,9)7-5-2;/h3*9H,4-7H2,1-3H3;/q3*-1;+3. The summed E-state index contributed by atoms with van der Waals surface area (Å²) >= 11 is -2.42. The van der Waals surface area contributed by atoms with Crippen LogP contribution in [0.25, 0.3) is 0 Å². The normalized spacial score (nSPS) is 13.2. The molecule has 3 N–H and O–H groups in total. The van der Waals surface area contributed by atoms with E-state index in [1.165, 1.54) is 77.0 Å². The van der Waals surface area contributed by atoms with Crippen LogP contribution in [0.5, 0.6) is 0 Å². The Labute approximate surface area is 190 Å². The topological polar surface area (TPSA) is 36.1 Å². The van der Waals surface area contributed by atoms with Gasteiger partial charge in [-0.25, -0.2) is 0 Å². The van der Waals surface area contributed by atoms with Crippen LogP contribution in [0.3, 0.4) is 0 Å². The van der Waals surface area contributed by atoms with Gasteiger partial charge in [0, 0.05) is 0 Å². The molecule has 0 atom stereocenters. The Morgan fingerprint density at radius 2 is 0.607 bits per heavy atom. The van der Waals surface area contributed by atoms with Gasteiger partial charge in [-0.1, -0.05) is 0 Å². The van der Waals surface area contributed by atoms with Crippen LogP contribution in [-0.4, -0.2) is 16.6 Å². The van der Waals surface area contributed by atoms with Gasteiger partial charge in [0.15, 0.2) is 0 Å². The zero-order chi connectivity index (χ0) is 21.7. The van der Waals surface area contributed by atoms with Gasteiger partial charge < -0.3 is 0 Å². The molecule has 0 aliphatic heterocycles. The van der Waals surface area contributed by atoms with Crippen molar-refractivity contribution in [2.24, 2.45) is 0 Å². The zero-order valence-electron chi connectivity index (χ0n) is 21.1. The number of rotatable bonds is 18. The van der Waals surface area contributed by atoms with Crippen molar-refractivity contribution in [3.63, 3.8) is 0 Å². The Balaban J connectivity index is 5.66. The summed E-state index contributed by atoms with van der Waals surface area (Å²) < 4.78 is 12.8. The van der Waals surface area contributed by atoms with Gasteiger partial charge in [-0.05, 0) is 0 Å². The van der Waals surface area contributed by atoms with Crippen molar-refractivity contribution in [2.45, 2.75) is 156 Å². The van der Waals surface area contributed by atoms with Gasteiger partial charge in [0.2, 0.25) is 0 Å². The third kappa shape index (κ3) is 11.4. The van der Waals surface area contributed by atoms with Crippen molar-refractivity contribution in [3.8, 4) is 0 Å². The van der Waals surface area contributed by atoms with Crippen molar-refractivity contribution < 1.29 is 28.5 Å². The Morgan fingerprint density at radius 3 is 0.750 bits per heavy atom. The fourth-order valence-corrected chi connectivity index (χ4v) is 13.1. The second-order valence-electron chi connectivity index (χ2n) is 10.0. The van der Waals surface area contributed by atoms with Gasteiger partial charge in [-0.3, -0.25) is 0 Å². The molecule has 0 amide bonds. The van der Waals surface area contributed by atoms with Crippen LogP contribution >= 0.6 is 0 Å². The summed E-state index contributed by atoms with van der Waals surface area (Å²) in [6.45, 7) is 21.4. The molecule has 0 saturated heterocycles. The van der Waals surface area contributed by atoms with Crippen LogP contribution in [0, 0.1) is 0 Å². The maximum atomic E-state index is 4.27. The molecule has 0 heterocycles. The molecule has 4 heteroatoms. The van der Waals surface area contributed by atoms with Gasteiger partial charge in [-0.2, -0.15) is 0 Å². The molecule has 0 aliphatic carbocycles. The third-order valence-electron chi connectivity index (χ3n) is 6.29. The first-order valence-corrected chi connectivity index (χ1v) is 16.7. The van der Waals surface area contributed by atoms with Gasteiger partial charge in [0.1, 0.15) is 0 Å². The van der Waals surface area contributed by atoms with Crippen LogP contribution in [0.2, 0.25) is 0 Å². The van der Waals surface area contributed by atoms with E-state index in [1.807, 2.05) is 0 Å². The molecule has 0 radical (unpaired) electrons. The van der Waals surface area contributed by atoms with E-state index in [0.29, 0.717) is 0 Å². The van der Waals surface area contributed by atoms with Crippen LogP contribution < -0.4 is 7.35 Å². The SMILES string of the molecule is CCCC(C)(CCC)[NH][Y]([NH]C(C)(CCC)CCC)[NH]C(C)(CCC)CCC. The second-order valence-corrected chi connectivity index (χ2v) is 14.3. The van der Waals surface area contributed by atoms with E-state index in [2.05, 4.69) is 69.7 Å². The van der Waals surface area contributed by atoms with Gasteiger partial charge >= 0.3 is 192 Å². The predicted octanol–water partition coefficient (Wildman–Crippen LogP) is 7.20. The first-order valence-electron chi connectivity index (χ1n) is 12.5. The summed E-state index contributed by atoms with van der Waals surface area (Å²) in [7, 11) is 0. The molecule has 0 aromatic rings. The molecule has 3 nitrogen and oxygen atoms in total. The molecule has 0 spiro atoms. The van der Waals surface area contributed by atoms with E-state index >= 15 is 0 Å². The summed E-state index contributed by atoms with van der Waals surface area (Å²) in [5.74, 6) is 0. The summed E-state index contributed by atoms with van der Waals surface area (Å²) in [4.78, 5) is 0. The van der Waals surface area contributed by atoms with Crippen molar-refractivity contribution in [1.82, 2.24) is 7.35 Å². The molecule has 0 rings (SSSR count). The molecule has 28 heavy (non-hydrogen) atoms. The summed E-state index contributed by atoms with van der Waals surface area (Å²) in [6, 6.07) is 0. The van der Waals surface area contributed by atoms with E-state index in [1.54, 1.807) is 0 Å². The Bertz CT molecular complexity index is 311. The van der Waals surface area contributed by atoms with E-state index in [4.69, 9.17) is 0 Å². The maximum absolute atomic E-state index is 4.27. The molecule has 0 aromatic carbocycles. The molecule has 0 bridgehead atoms. The summed E-state index contributed by atoms with van der Waals surface area (Å²) in [5.41, 5.74) is 0.800. The Kier molecular flexibility index (Phi) is 15.4. The molecule has 0 aliphatic rings. The average molecular weight is 474 g/mol. The fraction of sp³-hybridized carbons (Fsp3) is 1.00. The van der Waals surface area contributed by atoms with E-state index in [9.17, 15) is 0 Å². The van der Waals surface area contributed by atoms with Crippen LogP contribution in [0.4, 0.5) is 0 Å². The Hall–Kier alpha value is 0.984. The monoisotopic (exact) mass is 473 g/mol. The second kappa shape index (κ2) is 14.9. The van der Waals surface area contributed by atoms with Crippen LogP contribution in [0.15, 0.2) is 0 Å². The molecule has 168 valence electrons. The van der Waals surface area contributed by atoms with Crippen LogP contribution in [0.1, 0.15) is 139 Å². The summed E-state index contributed by atoms with van der Waals surface area (Å²) in [5, 5.41) is 0. The van der Waals surface area contributed by atoms with Crippen molar-refractivity contribution in [3.05, 3.63) is 0 Å². The van der Waals surface area contributed by atoms with Crippen LogP contribution in [-0.2, 0) is 28.5 Å². The molecule has 0 unspecified atom stereocenters. The average Bonchev–Trinajstić information content (AvgIpc) is 2.55. The summed E-state index contributed by atoms with van der Waals surface area (Å²) in [6.07, 6.45) is 15.2. The van der Waals surface area contributed by atoms with Crippen molar-refractivity contribution in [1.29, 1.82) is 0 Å². The molecular weight excluding hydrogens is 419 g/mol. The molecular formula is C24H54N3Y. The van der Waals surface area contributed by atoms with Crippen molar-refractivity contribution >= 4 is 0 Å². The quantitative estimate of drug-likeness (QED) is 0.197. The molecule has 0 fully saturated rings. The molecule has 0 aromatic heterocycles. The fourth-order valence-electron chi connectivity index (χ4n) is 5.27. The minimum absolute atomic E-state index is 0.267. The van der Waals surface area contributed by atoms with E-state index in [-0.39, 0.29) is 16.6 Å². The zero-order valence-corrected chi connectivity index (χ0v) is 23.9. The Morgan fingerprint density at radius 1 is 0.429 bits per heavy atom. The van der Waals surface area contributed by atoms with Crippen molar-refractivity contribution in [2.75, 3.05) is 0 Å².